The van der Waals surface area contributed by atoms with E-state index in [-0.39, 0.29) is 83.7 Å². The topological polar surface area (TPSA) is 254 Å². The maximum atomic E-state index is 14.8. The summed E-state index contributed by atoms with van der Waals surface area (Å²) < 4.78 is 0. The average Bonchev–Trinajstić information content (AvgIpc) is 3.97. The predicted octanol–water partition coefficient (Wildman–Crippen LogP) is 2.66. The molecule has 0 spiro atoms. The number of aromatic amines is 1. The van der Waals surface area contributed by atoms with E-state index in [1.165, 1.54) is 23.8 Å². The Morgan fingerprint density at radius 3 is 2.24 bits per heavy atom. The number of hydrogen-bond donors (Lipinski definition) is 7. The van der Waals surface area contributed by atoms with E-state index in [1.807, 2.05) is 84.9 Å². The number of ketones is 1. The van der Waals surface area contributed by atoms with Crippen LogP contribution in [-0.4, -0.2) is 119 Å². The van der Waals surface area contributed by atoms with Crippen LogP contribution in [0, 0.1) is 5.92 Å². The van der Waals surface area contributed by atoms with E-state index in [4.69, 9.17) is 11.5 Å². The van der Waals surface area contributed by atoms with Crippen molar-refractivity contribution in [1.29, 1.82) is 0 Å². The standard InChI is InChI=1S/C49H62N10O7.CH4/c1-31(60)55-40(26-32-14-5-3-6-15-32)45(63)56-38-21-12-23-52-44(62)34(18-11-24-53-49(50)51)29-43(61)39(28-35-30-54-37-20-10-9-19-36(35)37)57-46(64)42(27-33-16-7-4-8-17-33)58(2)48(66)41-22-13-25-59(41)47(38)65;/h3-10,14-17,19-20,30,34,38-42,54H,11-13,18,21-29H2,1-2H3,(H,52,62)(H,55,60)(H,56,63)(H,57,64)(H4,50,51,53);1H4/t34-,38+,39+,40+,41+,42-;/m1./s1. The summed E-state index contributed by atoms with van der Waals surface area (Å²) in [5.41, 5.74) is 14.3. The van der Waals surface area contributed by atoms with Crippen LogP contribution in [0.15, 0.2) is 96.1 Å². The second kappa shape index (κ2) is 24.5. The van der Waals surface area contributed by atoms with Crippen LogP contribution in [0.5, 0.6) is 0 Å². The Hall–Kier alpha value is -7.04. The van der Waals surface area contributed by atoms with Gasteiger partial charge in [0.15, 0.2) is 11.7 Å². The van der Waals surface area contributed by atoms with Crippen molar-refractivity contribution in [3.63, 3.8) is 0 Å². The summed E-state index contributed by atoms with van der Waals surface area (Å²) in [4.78, 5) is 109. The normalized spacial score (nSPS) is 21.5. The highest BCUT2D eigenvalue weighted by atomic mass is 16.2. The minimum absolute atomic E-state index is 0. The molecule has 0 radical (unpaired) electrons. The summed E-state index contributed by atoms with van der Waals surface area (Å²) in [6, 6.07) is 20.7. The van der Waals surface area contributed by atoms with Crippen molar-refractivity contribution >= 4 is 58.1 Å². The van der Waals surface area contributed by atoms with Gasteiger partial charge in [-0.3, -0.25) is 38.6 Å². The Morgan fingerprint density at radius 2 is 1.54 bits per heavy atom. The number of Topliss-reactive ketones (excluding diaryl/α,β-unsaturated/α-hetero) is 1. The first-order chi connectivity index (χ1) is 31.8. The molecule has 6 atom stereocenters. The number of carbonyl (C=O) groups is 7. The van der Waals surface area contributed by atoms with Gasteiger partial charge in [0.1, 0.15) is 24.2 Å². The fourth-order valence-corrected chi connectivity index (χ4v) is 8.91. The van der Waals surface area contributed by atoms with Gasteiger partial charge in [-0.25, -0.2) is 0 Å². The number of nitrogens with two attached hydrogens (primary N) is 2. The van der Waals surface area contributed by atoms with Crippen LogP contribution < -0.4 is 32.7 Å². The van der Waals surface area contributed by atoms with Crippen LogP contribution in [0.4, 0.5) is 0 Å². The number of benzene rings is 3. The number of amides is 6. The number of likely N-dealkylation sites (N-methyl/N-ethyl adjacent to an activating group) is 1. The number of hydrogen-bond acceptors (Lipinski definition) is 8. The van der Waals surface area contributed by atoms with Gasteiger partial charge in [-0.05, 0) is 61.3 Å². The molecule has 6 amide bonds. The zero-order valence-electron chi connectivity index (χ0n) is 37.7. The quantitative estimate of drug-likeness (QED) is 0.0591. The Morgan fingerprint density at radius 1 is 0.851 bits per heavy atom. The smallest absolute Gasteiger partial charge is 0.245 e. The van der Waals surface area contributed by atoms with Gasteiger partial charge in [0.25, 0.3) is 0 Å². The maximum absolute atomic E-state index is 14.8. The first-order valence-corrected chi connectivity index (χ1v) is 22.7. The number of fused-ring (bicyclic) bond motifs is 2. The molecule has 4 aromatic rings. The summed E-state index contributed by atoms with van der Waals surface area (Å²) in [5, 5.41) is 12.4. The third kappa shape index (κ3) is 14.0. The van der Waals surface area contributed by atoms with E-state index < -0.39 is 71.6 Å². The van der Waals surface area contributed by atoms with Crippen LogP contribution in [-0.2, 0) is 52.8 Å². The second-order valence-corrected chi connectivity index (χ2v) is 17.2. The van der Waals surface area contributed by atoms with Crippen molar-refractivity contribution in [2.75, 3.05) is 26.7 Å². The van der Waals surface area contributed by atoms with E-state index in [1.54, 1.807) is 6.20 Å². The molecule has 0 aliphatic carbocycles. The number of nitrogens with one attached hydrogen (secondary N) is 5. The van der Waals surface area contributed by atoms with E-state index in [0.29, 0.717) is 19.3 Å². The highest BCUT2D eigenvalue weighted by Gasteiger charge is 2.42. The molecule has 2 aliphatic heterocycles. The zero-order valence-corrected chi connectivity index (χ0v) is 37.7. The molecule has 3 aromatic carbocycles. The summed E-state index contributed by atoms with van der Waals surface area (Å²) in [5.74, 6) is -4.26. The molecule has 1 aromatic heterocycles. The molecule has 2 aliphatic rings. The molecule has 0 bridgehead atoms. The zero-order chi connectivity index (χ0) is 47.2. The number of aromatic nitrogens is 1. The SMILES string of the molecule is C.CC(=O)N[C@@H](Cc1ccccc1)C(=O)N[C@H]1CCCNC(=O)[C@H](CCCN=C(N)N)CC(=O)[C@H](Cc2c[nH]c3ccccc23)NC(=O)[C@@H](Cc2ccccc2)N(C)C(=O)[C@@H]2CCCN2C1=O. The molecule has 0 unspecified atom stereocenters. The third-order valence-electron chi connectivity index (χ3n) is 12.4. The first-order valence-electron chi connectivity index (χ1n) is 22.7. The van der Waals surface area contributed by atoms with Crippen molar-refractivity contribution in [2.45, 2.75) is 109 Å². The largest absolute Gasteiger partial charge is 0.370 e. The van der Waals surface area contributed by atoms with Crippen LogP contribution in [0.25, 0.3) is 10.9 Å². The van der Waals surface area contributed by atoms with Crippen molar-refractivity contribution in [2.24, 2.45) is 22.4 Å². The van der Waals surface area contributed by atoms with Gasteiger partial charge in [0.05, 0.1) is 6.04 Å². The fraction of sp³-hybridized carbons (Fsp3) is 0.440. The van der Waals surface area contributed by atoms with E-state index in [0.717, 1.165) is 27.6 Å². The summed E-state index contributed by atoms with van der Waals surface area (Å²) in [6.07, 6.45) is 3.72. The molecular weight excluding hydrogens is 853 g/mol. The number of H-pyrrole nitrogens is 1. The van der Waals surface area contributed by atoms with Gasteiger partial charge >= 0.3 is 0 Å². The van der Waals surface area contributed by atoms with Crippen LogP contribution >= 0.6 is 0 Å². The van der Waals surface area contributed by atoms with Gasteiger partial charge in [0, 0.05) is 82.3 Å². The van der Waals surface area contributed by atoms with Crippen molar-refractivity contribution in [1.82, 2.24) is 36.1 Å². The first kappa shape index (κ1) is 51.0. The molecule has 2 saturated heterocycles. The highest BCUT2D eigenvalue weighted by Crippen LogP contribution is 2.25. The molecular formula is C50H66N10O7. The molecule has 358 valence electrons. The second-order valence-electron chi connectivity index (χ2n) is 17.2. The van der Waals surface area contributed by atoms with Crippen LogP contribution in [0.2, 0.25) is 0 Å². The monoisotopic (exact) mass is 919 g/mol. The Bertz CT molecular complexity index is 2370. The number of guanidine groups is 1. The van der Waals surface area contributed by atoms with Crippen LogP contribution in [0.3, 0.4) is 0 Å². The number of para-hydroxylation sites is 1. The lowest BCUT2D eigenvalue weighted by molar-refractivity contribution is -0.148. The highest BCUT2D eigenvalue weighted by molar-refractivity contribution is 5.98. The van der Waals surface area contributed by atoms with E-state index >= 15 is 0 Å². The molecule has 3 heterocycles. The summed E-state index contributed by atoms with van der Waals surface area (Å²) in [7, 11) is 1.53. The predicted molar refractivity (Wildman–Crippen MR) is 257 cm³/mol. The summed E-state index contributed by atoms with van der Waals surface area (Å²) in [6.45, 7) is 1.85. The van der Waals surface area contributed by atoms with Gasteiger partial charge < -0.3 is 47.5 Å². The Balaban J connectivity index is 0.00000840. The number of carbonyl (C=O) groups excluding carboxylic acids is 7. The lowest BCUT2D eigenvalue weighted by Gasteiger charge is -2.35. The maximum Gasteiger partial charge on any atom is 0.245 e. The third-order valence-corrected chi connectivity index (χ3v) is 12.4. The fourth-order valence-electron chi connectivity index (χ4n) is 8.91. The average molecular weight is 919 g/mol. The van der Waals surface area contributed by atoms with Gasteiger partial charge in [-0.2, -0.15) is 0 Å². The number of nitrogens with zero attached hydrogens (tertiary/aromatic N) is 3. The van der Waals surface area contributed by atoms with Crippen molar-refractivity contribution in [3.05, 3.63) is 108 Å². The van der Waals surface area contributed by atoms with Crippen molar-refractivity contribution < 1.29 is 33.6 Å². The number of rotatable bonds is 13. The van der Waals surface area contributed by atoms with Gasteiger partial charge in [0.2, 0.25) is 35.4 Å². The molecule has 9 N–H and O–H groups in total. The van der Waals surface area contributed by atoms with E-state index in [2.05, 4.69) is 31.2 Å². The molecule has 17 heteroatoms. The van der Waals surface area contributed by atoms with Gasteiger partial charge in [-0.15, -0.1) is 0 Å². The van der Waals surface area contributed by atoms with Gasteiger partial charge in [-0.1, -0.05) is 86.3 Å². The Kier molecular flexibility index (Phi) is 18.6. The van der Waals surface area contributed by atoms with Crippen LogP contribution in [0.1, 0.15) is 76.0 Å². The summed E-state index contributed by atoms with van der Waals surface area (Å²) >= 11 is 0. The lowest BCUT2D eigenvalue weighted by Crippen LogP contribution is -2.59. The molecule has 67 heavy (non-hydrogen) atoms. The lowest BCUT2D eigenvalue weighted by atomic mass is 9.90. The molecule has 2 fully saturated rings. The number of aliphatic imine (C=N–C) groups is 1. The molecule has 6 rings (SSSR count). The molecule has 17 nitrogen and oxygen atoms in total. The van der Waals surface area contributed by atoms with E-state index in [9.17, 15) is 33.6 Å². The van der Waals surface area contributed by atoms with Crippen molar-refractivity contribution in [3.8, 4) is 0 Å². The minimum atomic E-state index is -1.13. The minimum Gasteiger partial charge on any atom is -0.370 e. The molecule has 0 saturated carbocycles. The Labute approximate surface area is 392 Å².